The van der Waals surface area contributed by atoms with Gasteiger partial charge in [-0.15, -0.1) is 0 Å². The predicted octanol–water partition coefficient (Wildman–Crippen LogP) is 1.58. The van der Waals surface area contributed by atoms with Gasteiger partial charge in [0.2, 0.25) is 12.2 Å². The van der Waals surface area contributed by atoms with E-state index in [1.165, 1.54) is 23.7 Å². The predicted molar refractivity (Wildman–Crippen MR) is 94.3 cm³/mol. The van der Waals surface area contributed by atoms with E-state index in [-0.39, 0.29) is 5.56 Å². The van der Waals surface area contributed by atoms with Gasteiger partial charge in [-0.25, -0.2) is 9.78 Å². The molecule has 1 aromatic heterocycles. The summed E-state index contributed by atoms with van der Waals surface area (Å²) in [6.45, 7) is -0.792. The minimum atomic E-state index is -4.58. The van der Waals surface area contributed by atoms with Crippen molar-refractivity contribution in [1.82, 2.24) is 9.55 Å². The summed E-state index contributed by atoms with van der Waals surface area (Å²) in [4.78, 5) is 38.2. The highest BCUT2D eigenvalue weighted by Gasteiger charge is 2.30. The molecule has 1 N–H and O–H groups in total. The van der Waals surface area contributed by atoms with Crippen LogP contribution in [0.5, 0.6) is 0 Å². The van der Waals surface area contributed by atoms with E-state index in [4.69, 9.17) is 9.26 Å². The maximum absolute atomic E-state index is 12.4. The third kappa shape index (κ3) is 3.57. The Labute approximate surface area is 148 Å². The van der Waals surface area contributed by atoms with Crippen molar-refractivity contribution in [3.05, 3.63) is 70.5 Å². The molecule has 0 amide bonds. The maximum Gasteiger partial charge on any atom is 0.385 e. The average molecular weight is 374 g/mol. The summed E-state index contributed by atoms with van der Waals surface area (Å²) >= 11 is 0. The second kappa shape index (κ2) is 7.21. The van der Waals surface area contributed by atoms with Gasteiger partial charge in [0.25, 0.3) is 5.56 Å². The molecule has 0 saturated heterocycles. The molecular weight excluding hydrogens is 359 g/mol. The molecule has 3 aromatic rings. The molecule has 3 rings (SSSR count). The number of aromatic nitrogens is 2. The molecule has 8 nitrogen and oxygen atoms in total. The molecule has 2 aromatic carbocycles. The number of benzene rings is 2. The lowest BCUT2D eigenvalue weighted by atomic mass is 10.2. The number of fused-ring (bicyclic) bond motifs is 1. The average Bonchev–Trinajstić information content (AvgIpc) is 2.65. The number of rotatable bonds is 5. The Morgan fingerprint density at radius 2 is 1.81 bits per heavy atom. The zero-order chi connectivity index (χ0) is 18.7. The first-order valence-corrected chi connectivity index (χ1v) is 9.14. The molecule has 26 heavy (non-hydrogen) atoms. The Morgan fingerprint density at radius 3 is 2.54 bits per heavy atom. The number of carbonyl (C=O) groups excluding carboxylic acids is 1. The summed E-state index contributed by atoms with van der Waals surface area (Å²) in [5.41, 5.74) is -0.248. The van der Waals surface area contributed by atoms with Gasteiger partial charge in [0.15, 0.2) is 0 Å². The van der Waals surface area contributed by atoms with Gasteiger partial charge in [-0.3, -0.25) is 13.9 Å². The summed E-state index contributed by atoms with van der Waals surface area (Å²) in [5.74, 6) is -0.718. The maximum atomic E-state index is 12.4. The molecule has 1 atom stereocenters. The Hall–Kier alpha value is -2.80. The smallest absolute Gasteiger partial charge is 0.385 e. The van der Waals surface area contributed by atoms with Crippen molar-refractivity contribution in [2.24, 2.45) is 7.05 Å². The highest BCUT2D eigenvalue weighted by Crippen LogP contribution is 2.38. The standard InChI is InChI=1S/C17H15N2O6P/c1-19-14-10-6-5-9-13(14)18-15(16(19)20)26(22,23)25-11-24-17(21)12-7-3-2-4-8-12/h2-10H,11H2,1H3,(H,22,23). The fourth-order valence-corrected chi connectivity index (χ4v) is 3.26. The zero-order valence-electron chi connectivity index (χ0n) is 13.7. The van der Waals surface area contributed by atoms with Gasteiger partial charge in [-0.2, -0.15) is 0 Å². The molecule has 134 valence electrons. The Kier molecular flexibility index (Phi) is 4.99. The van der Waals surface area contributed by atoms with Crippen LogP contribution in [-0.4, -0.2) is 27.2 Å². The van der Waals surface area contributed by atoms with E-state index in [1.807, 2.05) is 0 Å². The number of para-hydroxylation sites is 2. The molecule has 0 saturated carbocycles. The van der Waals surface area contributed by atoms with Crippen LogP contribution in [0.25, 0.3) is 11.0 Å². The van der Waals surface area contributed by atoms with Gasteiger partial charge in [-0.1, -0.05) is 30.3 Å². The summed E-state index contributed by atoms with van der Waals surface area (Å²) in [5, 5.41) is 0. The van der Waals surface area contributed by atoms with Crippen LogP contribution in [-0.2, 0) is 20.9 Å². The summed E-state index contributed by atoms with van der Waals surface area (Å²) < 4.78 is 23.2. The van der Waals surface area contributed by atoms with Crippen molar-refractivity contribution in [3.63, 3.8) is 0 Å². The molecule has 0 aliphatic heterocycles. The van der Waals surface area contributed by atoms with Crippen LogP contribution in [0.1, 0.15) is 10.4 Å². The van der Waals surface area contributed by atoms with Crippen molar-refractivity contribution in [1.29, 1.82) is 0 Å². The molecule has 0 radical (unpaired) electrons. The number of nitrogens with zero attached hydrogens (tertiary/aromatic N) is 2. The van der Waals surface area contributed by atoms with E-state index in [0.29, 0.717) is 11.0 Å². The number of esters is 1. The van der Waals surface area contributed by atoms with Gasteiger partial charge in [0, 0.05) is 7.05 Å². The van der Waals surface area contributed by atoms with Gasteiger partial charge in [-0.05, 0) is 24.3 Å². The van der Waals surface area contributed by atoms with Crippen molar-refractivity contribution in [3.8, 4) is 0 Å². The topological polar surface area (TPSA) is 108 Å². The number of hydrogen-bond donors (Lipinski definition) is 1. The molecule has 0 fully saturated rings. The lowest BCUT2D eigenvalue weighted by Crippen LogP contribution is -2.36. The minimum absolute atomic E-state index is 0.267. The second-order valence-electron chi connectivity index (χ2n) is 5.35. The molecule has 1 unspecified atom stereocenters. The third-order valence-corrected chi connectivity index (χ3v) is 4.94. The fraction of sp³-hybridized carbons (Fsp3) is 0.118. The number of ether oxygens (including phenoxy) is 1. The summed E-state index contributed by atoms with van der Waals surface area (Å²) in [6.07, 6.45) is 0. The number of carbonyl (C=O) groups is 1. The fourth-order valence-electron chi connectivity index (χ4n) is 2.32. The lowest BCUT2D eigenvalue weighted by Gasteiger charge is -2.13. The van der Waals surface area contributed by atoms with Crippen molar-refractivity contribution in [2.75, 3.05) is 6.79 Å². The third-order valence-electron chi connectivity index (χ3n) is 3.66. The van der Waals surface area contributed by atoms with E-state index in [1.54, 1.807) is 42.5 Å². The SMILES string of the molecule is Cn1c(=O)c(P(=O)(O)OCOC(=O)c2ccccc2)nc2ccccc21. The monoisotopic (exact) mass is 374 g/mol. The summed E-state index contributed by atoms with van der Waals surface area (Å²) in [6, 6.07) is 14.8. The van der Waals surface area contributed by atoms with Crippen LogP contribution in [0, 0.1) is 0 Å². The molecule has 9 heteroatoms. The Morgan fingerprint density at radius 1 is 1.15 bits per heavy atom. The van der Waals surface area contributed by atoms with Gasteiger partial charge in [0.05, 0.1) is 16.6 Å². The number of aryl methyl sites for hydroxylation is 1. The molecule has 0 spiro atoms. The quantitative estimate of drug-likeness (QED) is 0.410. The largest absolute Gasteiger partial charge is 0.434 e. The van der Waals surface area contributed by atoms with E-state index >= 15 is 0 Å². The van der Waals surface area contributed by atoms with E-state index in [9.17, 15) is 19.0 Å². The molecule has 0 bridgehead atoms. The Bertz CT molecular complexity index is 1060. The van der Waals surface area contributed by atoms with E-state index in [0.717, 1.165) is 0 Å². The molecule has 1 heterocycles. The summed E-state index contributed by atoms with van der Waals surface area (Å²) in [7, 11) is -3.12. The number of hydrogen-bond acceptors (Lipinski definition) is 6. The van der Waals surface area contributed by atoms with Crippen LogP contribution >= 0.6 is 7.60 Å². The van der Waals surface area contributed by atoms with Crippen molar-refractivity contribution >= 4 is 30.0 Å². The normalized spacial score (nSPS) is 13.3. The first-order valence-electron chi connectivity index (χ1n) is 7.56. The van der Waals surface area contributed by atoms with Gasteiger partial charge >= 0.3 is 13.6 Å². The van der Waals surface area contributed by atoms with Crippen LogP contribution in [0.2, 0.25) is 0 Å². The van der Waals surface area contributed by atoms with E-state index < -0.39 is 31.4 Å². The highest BCUT2D eigenvalue weighted by molar-refractivity contribution is 7.60. The highest BCUT2D eigenvalue weighted by atomic mass is 31.2. The van der Waals surface area contributed by atoms with Crippen LogP contribution < -0.4 is 11.0 Å². The van der Waals surface area contributed by atoms with Gasteiger partial charge < -0.3 is 14.2 Å². The van der Waals surface area contributed by atoms with Crippen LogP contribution in [0.4, 0.5) is 0 Å². The zero-order valence-corrected chi connectivity index (χ0v) is 14.6. The van der Waals surface area contributed by atoms with Crippen LogP contribution in [0.15, 0.2) is 59.4 Å². The first kappa shape index (κ1) is 18.0. The molecule has 0 aliphatic carbocycles. The molecule has 0 aliphatic rings. The lowest BCUT2D eigenvalue weighted by molar-refractivity contribution is 0.0134. The Balaban J connectivity index is 1.79. The van der Waals surface area contributed by atoms with Gasteiger partial charge in [0.1, 0.15) is 0 Å². The van der Waals surface area contributed by atoms with E-state index in [2.05, 4.69) is 4.98 Å². The molecular formula is C17H15N2O6P. The second-order valence-corrected chi connectivity index (χ2v) is 7.08. The van der Waals surface area contributed by atoms with Crippen molar-refractivity contribution < 1.29 is 23.5 Å². The minimum Gasteiger partial charge on any atom is -0.434 e. The van der Waals surface area contributed by atoms with Crippen LogP contribution in [0.3, 0.4) is 0 Å². The van der Waals surface area contributed by atoms with Crippen molar-refractivity contribution in [2.45, 2.75) is 0 Å². The first-order chi connectivity index (χ1) is 12.4.